The minimum atomic E-state index is -0.192. The van der Waals surface area contributed by atoms with Crippen molar-refractivity contribution in [3.05, 3.63) is 28.8 Å². The highest BCUT2D eigenvalue weighted by atomic mass is 35.5. The van der Waals surface area contributed by atoms with E-state index in [4.69, 9.17) is 16.3 Å². The second kappa shape index (κ2) is 6.55. The summed E-state index contributed by atoms with van der Waals surface area (Å²) in [4.78, 5) is 2.43. The number of aliphatic hydroxyl groups excluding tert-OH is 1. The Hall–Kier alpha value is -0.770. The smallest absolute Gasteiger partial charge is 0.137 e. The van der Waals surface area contributed by atoms with Gasteiger partial charge in [-0.05, 0) is 62.4 Å². The molecule has 3 saturated heterocycles. The first-order valence-corrected chi connectivity index (χ1v) is 8.40. The summed E-state index contributed by atoms with van der Waals surface area (Å²) in [5, 5.41) is 11.1. The molecule has 3 nitrogen and oxygen atoms in total. The molecule has 4 rings (SSSR count). The van der Waals surface area contributed by atoms with Gasteiger partial charge in [0.15, 0.2) is 0 Å². The lowest BCUT2D eigenvalue weighted by Crippen LogP contribution is -2.58. The fraction of sp³-hybridized carbons (Fsp3) is 0.647. The van der Waals surface area contributed by atoms with E-state index in [0.717, 1.165) is 44.5 Å². The summed E-state index contributed by atoms with van der Waals surface area (Å²) in [6, 6.07) is 6.27. The van der Waals surface area contributed by atoms with Gasteiger partial charge in [0.25, 0.3) is 0 Å². The Morgan fingerprint density at radius 3 is 2.71 bits per heavy atom. The Morgan fingerprint density at radius 2 is 2.10 bits per heavy atom. The van der Waals surface area contributed by atoms with Crippen LogP contribution in [0, 0.1) is 5.92 Å². The average Bonchev–Trinajstić information content (AvgIpc) is 2.50. The van der Waals surface area contributed by atoms with Crippen LogP contribution in [0.2, 0.25) is 5.02 Å². The molecule has 3 fully saturated rings. The predicted octanol–water partition coefficient (Wildman–Crippen LogP) is 3.13. The fourth-order valence-electron chi connectivity index (χ4n) is 3.61. The normalized spacial score (nSPS) is 31.4. The van der Waals surface area contributed by atoms with Crippen LogP contribution in [0.3, 0.4) is 0 Å². The molecule has 4 heteroatoms. The summed E-state index contributed by atoms with van der Waals surface area (Å²) in [6.07, 6.45) is 3.93. The summed E-state index contributed by atoms with van der Waals surface area (Å²) in [7, 11) is 0. The fourth-order valence-corrected chi connectivity index (χ4v) is 3.87. The number of hydrogen-bond donors (Lipinski definition) is 1. The van der Waals surface area contributed by atoms with Crippen LogP contribution >= 0.6 is 11.6 Å². The number of nitrogens with zero attached hydrogens (tertiary/aromatic N) is 1. The number of aliphatic hydroxyl groups is 1. The molecule has 0 spiro atoms. The number of benzene rings is 1. The minimum Gasteiger partial charge on any atom is -0.492 e. The molecule has 0 radical (unpaired) electrons. The van der Waals surface area contributed by atoms with Gasteiger partial charge >= 0.3 is 0 Å². The van der Waals surface area contributed by atoms with E-state index >= 15 is 0 Å². The molecule has 1 aromatic rings. The molecule has 116 valence electrons. The molecule has 2 bridgehead atoms. The first-order chi connectivity index (χ1) is 10.2. The standard InChI is InChI=1S/C17H24ClNO2/c1-2-9-21-16-4-3-12(10-14(16)18)11-15-17(20)13-5-7-19(15)8-6-13/h3-4,10,13,15,17,20H,2,5-9,11H2,1H3. The summed E-state index contributed by atoms with van der Waals surface area (Å²) in [5.74, 6) is 1.25. The van der Waals surface area contributed by atoms with E-state index in [0.29, 0.717) is 17.5 Å². The topological polar surface area (TPSA) is 32.7 Å². The molecule has 2 unspecified atom stereocenters. The third kappa shape index (κ3) is 3.20. The summed E-state index contributed by atoms with van der Waals surface area (Å²) < 4.78 is 5.61. The van der Waals surface area contributed by atoms with Crippen LogP contribution in [0.4, 0.5) is 0 Å². The summed E-state index contributed by atoms with van der Waals surface area (Å²) in [5.41, 5.74) is 1.18. The maximum atomic E-state index is 10.5. The van der Waals surface area contributed by atoms with Gasteiger partial charge in [-0.15, -0.1) is 0 Å². The quantitative estimate of drug-likeness (QED) is 0.907. The van der Waals surface area contributed by atoms with Crippen LogP contribution in [0.25, 0.3) is 0 Å². The Kier molecular flexibility index (Phi) is 4.72. The van der Waals surface area contributed by atoms with Crippen molar-refractivity contribution < 1.29 is 9.84 Å². The monoisotopic (exact) mass is 309 g/mol. The van der Waals surface area contributed by atoms with Crippen molar-refractivity contribution in [1.82, 2.24) is 4.90 Å². The van der Waals surface area contributed by atoms with E-state index in [9.17, 15) is 5.11 Å². The molecule has 0 aliphatic carbocycles. The van der Waals surface area contributed by atoms with Gasteiger partial charge in [0.1, 0.15) is 5.75 Å². The van der Waals surface area contributed by atoms with Crippen LogP contribution in [-0.4, -0.2) is 41.8 Å². The van der Waals surface area contributed by atoms with Crippen molar-refractivity contribution in [3.63, 3.8) is 0 Å². The zero-order chi connectivity index (χ0) is 14.8. The van der Waals surface area contributed by atoms with Gasteiger partial charge in [-0.2, -0.15) is 0 Å². The highest BCUT2D eigenvalue weighted by Gasteiger charge is 2.40. The SMILES string of the molecule is CCCOc1ccc(CC2C(O)C3CCN2CC3)cc1Cl. The Labute approximate surface area is 131 Å². The van der Waals surface area contributed by atoms with Gasteiger partial charge in [-0.3, -0.25) is 4.90 Å². The number of piperidine rings is 3. The average molecular weight is 310 g/mol. The number of rotatable bonds is 5. The molecule has 3 aliphatic rings. The third-order valence-electron chi connectivity index (χ3n) is 4.82. The lowest BCUT2D eigenvalue weighted by atomic mass is 9.78. The van der Waals surface area contributed by atoms with Gasteiger partial charge in [0.05, 0.1) is 17.7 Å². The van der Waals surface area contributed by atoms with Gasteiger partial charge in [0.2, 0.25) is 0 Å². The van der Waals surface area contributed by atoms with E-state index in [-0.39, 0.29) is 12.1 Å². The number of halogens is 1. The minimum absolute atomic E-state index is 0.192. The van der Waals surface area contributed by atoms with E-state index in [2.05, 4.69) is 17.9 Å². The molecular formula is C17H24ClNO2. The van der Waals surface area contributed by atoms with Crippen LogP contribution in [0.15, 0.2) is 18.2 Å². The van der Waals surface area contributed by atoms with Crippen molar-refractivity contribution in [2.24, 2.45) is 5.92 Å². The van der Waals surface area contributed by atoms with Crippen molar-refractivity contribution >= 4 is 11.6 Å². The number of ether oxygens (including phenoxy) is 1. The molecular weight excluding hydrogens is 286 g/mol. The Bertz CT molecular complexity index is 484. The highest BCUT2D eigenvalue weighted by Crippen LogP contribution is 2.34. The number of fused-ring (bicyclic) bond motifs is 3. The van der Waals surface area contributed by atoms with Crippen molar-refractivity contribution in [2.75, 3.05) is 19.7 Å². The molecule has 1 N–H and O–H groups in total. The predicted molar refractivity (Wildman–Crippen MR) is 85.0 cm³/mol. The van der Waals surface area contributed by atoms with Crippen LogP contribution in [0.5, 0.6) is 5.75 Å². The van der Waals surface area contributed by atoms with E-state index < -0.39 is 0 Å². The van der Waals surface area contributed by atoms with Gasteiger partial charge < -0.3 is 9.84 Å². The Morgan fingerprint density at radius 1 is 1.33 bits per heavy atom. The summed E-state index contributed by atoms with van der Waals surface area (Å²) >= 11 is 6.30. The van der Waals surface area contributed by atoms with Gasteiger partial charge in [-0.25, -0.2) is 0 Å². The second-order valence-electron chi connectivity index (χ2n) is 6.25. The first kappa shape index (κ1) is 15.1. The number of hydrogen-bond acceptors (Lipinski definition) is 3. The molecule has 3 heterocycles. The lowest BCUT2D eigenvalue weighted by Gasteiger charge is -2.49. The largest absolute Gasteiger partial charge is 0.492 e. The molecule has 3 aliphatic heterocycles. The molecule has 0 aromatic heterocycles. The van der Waals surface area contributed by atoms with E-state index in [1.54, 1.807) is 0 Å². The maximum absolute atomic E-state index is 10.5. The third-order valence-corrected chi connectivity index (χ3v) is 5.12. The second-order valence-corrected chi connectivity index (χ2v) is 6.66. The van der Waals surface area contributed by atoms with Crippen molar-refractivity contribution in [1.29, 1.82) is 0 Å². The van der Waals surface area contributed by atoms with E-state index in [1.165, 1.54) is 5.56 Å². The van der Waals surface area contributed by atoms with Crippen molar-refractivity contribution in [3.8, 4) is 5.75 Å². The lowest BCUT2D eigenvalue weighted by molar-refractivity contribution is -0.0715. The van der Waals surface area contributed by atoms with E-state index in [1.807, 2.05) is 12.1 Å². The van der Waals surface area contributed by atoms with Gasteiger partial charge in [0, 0.05) is 6.04 Å². The summed E-state index contributed by atoms with van der Waals surface area (Å²) in [6.45, 7) is 5.02. The molecule has 21 heavy (non-hydrogen) atoms. The maximum Gasteiger partial charge on any atom is 0.137 e. The first-order valence-electron chi connectivity index (χ1n) is 8.02. The zero-order valence-electron chi connectivity index (χ0n) is 12.6. The molecule has 2 atom stereocenters. The highest BCUT2D eigenvalue weighted by molar-refractivity contribution is 6.32. The Balaban J connectivity index is 1.69. The molecule has 1 aromatic carbocycles. The van der Waals surface area contributed by atoms with Gasteiger partial charge in [-0.1, -0.05) is 24.6 Å². The van der Waals surface area contributed by atoms with Crippen LogP contribution in [-0.2, 0) is 6.42 Å². The zero-order valence-corrected chi connectivity index (χ0v) is 13.4. The molecule has 0 amide bonds. The van der Waals surface area contributed by atoms with Crippen LogP contribution < -0.4 is 4.74 Å². The molecule has 0 saturated carbocycles. The van der Waals surface area contributed by atoms with Crippen LogP contribution in [0.1, 0.15) is 31.7 Å². The van der Waals surface area contributed by atoms with Crippen molar-refractivity contribution in [2.45, 2.75) is 44.8 Å².